The first-order valence-corrected chi connectivity index (χ1v) is 13.1. The predicted molar refractivity (Wildman–Crippen MR) is 149 cm³/mol. The fraction of sp³-hybridized carbons (Fsp3) is 0.172. The Kier molecular flexibility index (Phi) is 4.80. The normalized spacial score (nSPS) is 18.7. The topological polar surface area (TPSA) is 87.0 Å². The number of piperazine rings is 1. The molecule has 2 aromatic carbocycles. The van der Waals surface area contributed by atoms with Crippen molar-refractivity contribution in [2.75, 3.05) is 18.0 Å². The summed E-state index contributed by atoms with van der Waals surface area (Å²) in [5.41, 5.74) is 8.59. The number of halogens is 1. The summed E-state index contributed by atoms with van der Waals surface area (Å²) in [6, 6.07) is 19.9. The molecule has 8 rings (SSSR count). The zero-order valence-electron chi connectivity index (χ0n) is 20.3. The van der Waals surface area contributed by atoms with Crippen molar-refractivity contribution >= 4 is 33.8 Å². The number of aromatic amines is 1. The van der Waals surface area contributed by atoms with Crippen LogP contribution < -0.4 is 10.2 Å². The zero-order chi connectivity index (χ0) is 25.2. The molecular weight excluding hydrogens is 496 g/mol. The second kappa shape index (κ2) is 8.37. The lowest BCUT2D eigenvalue weighted by molar-refractivity contribution is 0.580. The van der Waals surface area contributed by atoms with E-state index in [1.54, 1.807) is 18.6 Å². The lowest BCUT2D eigenvalue weighted by Gasteiger charge is -2.29. The van der Waals surface area contributed by atoms with Crippen LogP contribution in [0, 0.1) is 0 Å². The molecule has 2 saturated heterocycles. The SMILES string of the molecule is Clc1ccc(-c2c(-c3ccncc3)nn3c(-c4ccc(N5C[C@@H]6C[C@H]5CN6)cc4)ccnc23)c2cn[nH]c12. The molecular formula is C29H23ClN8. The van der Waals surface area contributed by atoms with Crippen molar-refractivity contribution in [2.45, 2.75) is 18.5 Å². The number of H-pyrrole nitrogens is 1. The van der Waals surface area contributed by atoms with E-state index in [0.29, 0.717) is 17.1 Å². The van der Waals surface area contributed by atoms with Crippen molar-refractivity contribution in [3.05, 3.63) is 84.4 Å². The van der Waals surface area contributed by atoms with Gasteiger partial charge in [0.25, 0.3) is 0 Å². The van der Waals surface area contributed by atoms with E-state index in [-0.39, 0.29) is 0 Å². The van der Waals surface area contributed by atoms with Crippen LogP contribution in [-0.2, 0) is 0 Å². The van der Waals surface area contributed by atoms with Crippen LogP contribution in [0.2, 0.25) is 5.02 Å². The Bertz CT molecular complexity index is 1810. The van der Waals surface area contributed by atoms with E-state index in [0.717, 1.165) is 63.3 Å². The lowest BCUT2D eigenvalue weighted by Crippen LogP contribution is -2.43. The first-order valence-electron chi connectivity index (χ1n) is 12.7. The van der Waals surface area contributed by atoms with E-state index in [1.807, 2.05) is 41.0 Å². The van der Waals surface area contributed by atoms with Gasteiger partial charge in [-0.2, -0.15) is 10.2 Å². The number of rotatable bonds is 4. The average Bonchev–Trinajstić information content (AvgIpc) is 3.77. The highest BCUT2D eigenvalue weighted by molar-refractivity contribution is 6.35. The van der Waals surface area contributed by atoms with Gasteiger partial charge in [0.05, 0.1) is 28.0 Å². The molecule has 2 aliphatic heterocycles. The van der Waals surface area contributed by atoms with Crippen molar-refractivity contribution < 1.29 is 0 Å². The van der Waals surface area contributed by atoms with Gasteiger partial charge in [0, 0.05) is 66.0 Å². The Hall–Kier alpha value is -4.27. The summed E-state index contributed by atoms with van der Waals surface area (Å²) < 4.78 is 1.95. The molecule has 8 nitrogen and oxygen atoms in total. The van der Waals surface area contributed by atoms with Crippen molar-refractivity contribution in [1.82, 2.24) is 35.1 Å². The number of benzene rings is 2. The van der Waals surface area contributed by atoms with E-state index in [1.165, 1.54) is 12.1 Å². The Labute approximate surface area is 223 Å². The summed E-state index contributed by atoms with van der Waals surface area (Å²) in [6.07, 6.45) is 8.46. The maximum Gasteiger partial charge on any atom is 0.164 e. The van der Waals surface area contributed by atoms with Gasteiger partial charge in [-0.1, -0.05) is 29.8 Å². The van der Waals surface area contributed by atoms with E-state index in [9.17, 15) is 0 Å². The van der Waals surface area contributed by atoms with Gasteiger partial charge in [-0.3, -0.25) is 10.1 Å². The van der Waals surface area contributed by atoms with E-state index < -0.39 is 0 Å². The van der Waals surface area contributed by atoms with E-state index >= 15 is 0 Å². The first-order chi connectivity index (χ1) is 18.7. The number of fused-ring (bicyclic) bond motifs is 4. The zero-order valence-corrected chi connectivity index (χ0v) is 21.1. The molecule has 2 bridgehead atoms. The van der Waals surface area contributed by atoms with Gasteiger partial charge in [0.1, 0.15) is 5.69 Å². The molecule has 0 amide bonds. The Morgan fingerprint density at radius 3 is 2.58 bits per heavy atom. The molecule has 4 aromatic heterocycles. The summed E-state index contributed by atoms with van der Waals surface area (Å²) in [7, 11) is 0. The van der Waals surface area contributed by atoms with Crippen LogP contribution in [0.1, 0.15) is 6.42 Å². The van der Waals surface area contributed by atoms with E-state index in [2.05, 4.69) is 49.7 Å². The van der Waals surface area contributed by atoms with Gasteiger partial charge < -0.3 is 10.2 Å². The van der Waals surface area contributed by atoms with E-state index in [4.69, 9.17) is 21.7 Å². The summed E-state index contributed by atoms with van der Waals surface area (Å²) in [5, 5.41) is 17.5. The van der Waals surface area contributed by atoms with Crippen molar-refractivity contribution in [2.24, 2.45) is 0 Å². The number of hydrogen-bond donors (Lipinski definition) is 2. The van der Waals surface area contributed by atoms with Gasteiger partial charge in [0.15, 0.2) is 5.65 Å². The van der Waals surface area contributed by atoms with Crippen LogP contribution in [0.5, 0.6) is 0 Å². The third kappa shape index (κ3) is 3.27. The van der Waals surface area contributed by atoms with Crippen LogP contribution in [0.15, 0.2) is 79.4 Å². The highest BCUT2D eigenvalue weighted by Crippen LogP contribution is 2.40. The molecule has 2 fully saturated rings. The fourth-order valence-corrected chi connectivity index (χ4v) is 6.25. The minimum absolute atomic E-state index is 0.592. The van der Waals surface area contributed by atoms with Crippen LogP contribution >= 0.6 is 11.6 Å². The third-order valence-corrected chi connectivity index (χ3v) is 8.17. The molecule has 0 aliphatic carbocycles. The van der Waals surface area contributed by atoms with Gasteiger partial charge in [-0.15, -0.1) is 0 Å². The number of nitrogens with zero attached hydrogens (tertiary/aromatic N) is 6. The predicted octanol–water partition coefficient (Wildman–Crippen LogP) is 5.21. The minimum Gasteiger partial charge on any atom is -0.366 e. The van der Waals surface area contributed by atoms with Crippen LogP contribution in [0.3, 0.4) is 0 Å². The molecule has 186 valence electrons. The number of hydrogen-bond acceptors (Lipinski definition) is 6. The number of aromatic nitrogens is 6. The lowest BCUT2D eigenvalue weighted by atomic mass is 9.99. The summed E-state index contributed by atoms with van der Waals surface area (Å²) >= 11 is 6.47. The molecule has 2 aliphatic rings. The van der Waals surface area contributed by atoms with Crippen LogP contribution in [0.4, 0.5) is 5.69 Å². The summed E-state index contributed by atoms with van der Waals surface area (Å²) in [6.45, 7) is 2.14. The maximum absolute atomic E-state index is 6.47. The van der Waals surface area contributed by atoms with Crippen molar-refractivity contribution in [3.8, 4) is 33.6 Å². The van der Waals surface area contributed by atoms with Crippen LogP contribution in [-0.4, -0.2) is 55.0 Å². The first kappa shape index (κ1) is 21.8. The fourth-order valence-electron chi connectivity index (χ4n) is 6.04. The quantitative estimate of drug-likeness (QED) is 0.333. The molecule has 0 unspecified atom stereocenters. The third-order valence-electron chi connectivity index (χ3n) is 7.86. The minimum atomic E-state index is 0.592. The second-order valence-corrected chi connectivity index (χ2v) is 10.4. The van der Waals surface area contributed by atoms with Gasteiger partial charge >= 0.3 is 0 Å². The van der Waals surface area contributed by atoms with Gasteiger partial charge in [-0.25, -0.2) is 9.50 Å². The summed E-state index contributed by atoms with van der Waals surface area (Å²) in [5.74, 6) is 0. The van der Waals surface area contributed by atoms with Gasteiger partial charge in [0.2, 0.25) is 0 Å². The van der Waals surface area contributed by atoms with Gasteiger partial charge in [-0.05, 0) is 48.4 Å². The second-order valence-electron chi connectivity index (χ2n) is 9.97. The number of nitrogens with one attached hydrogen (secondary N) is 2. The molecule has 0 saturated carbocycles. The Balaban J connectivity index is 1.31. The van der Waals surface area contributed by atoms with Crippen molar-refractivity contribution in [1.29, 1.82) is 0 Å². The van der Waals surface area contributed by atoms with Crippen LogP contribution in [0.25, 0.3) is 50.2 Å². The molecule has 6 heterocycles. The Morgan fingerprint density at radius 2 is 1.79 bits per heavy atom. The molecule has 38 heavy (non-hydrogen) atoms. The smallest absolute Gasteiger partial charge is 0.164 e. The molecule has 0 radical (unpaired) electrons. The summed E-state index contributed by atoms with van der Waals surface area (Å²) in [4.78, 5) is 11.6. The monoisotopic (exact) mass is 518 g/mol. The Morgan fingerprint density at radius 1 is 0.921 bits per heavy atom. The highest BCUT2D eigenvalue weighted by atomic mass is 35.5. The molecule has 2 atom stereocenters. The average molecular weight is 519 g/mol. The van der Waals surface area contributed by atoms with Crippen molar-refractivity contribution in [3.63, 3.8) is 0 Å². The molecule has 0 spiro atoms. The molecule has 6 aromatic rings. The maximum atomic E-state index is 6.47. The number of anilines is 1. The number of pyridine rings is 1. The largest absolute Gasteiger partial charge is 0.366 e. The molecule has 2 N–H and O–H groups in total. The highest BCUT2D eigenvalue weighted by Gasteiger charge is 2.37. The standard InChI is InChI=1S/C29H23ClN8/c30-24-6-5-22(23-15-34-35-28(23)24)26-27(18-7-10-31-11-8-18)36-38-25(9-12-32-29(26)38)17-1-3-20(4-2-17)37-16-19-13-21(37)14-33-19/h1-12,15,19,21,33H,13-14,16H2,(H,34,35)/t19-,21-/m0/s1. The molecule has 9 heteroatoms.